The van der Waals surface area contributed by atoms with Gasteiger partial charge in [0.05, 0.1) is 5.60 Å². The summed E-state index contributed by atoms with van der Waals surface area (Å²) in [6.45, 7) is 2.31. The number of aromatic nitrogens is 1. The third-order valence-electron chi connectivity index (χ3n) is 5.89. The van der Waals surface area contributed by atoms with Gasteiger partial charge in [-0.3, -0.25) is 4.79 Å². The van der Waals surface area contributed by atoms with Gasteiger partial charge in [0, 0.05) is 37.7 Å². The highest BCUT2D eigenvalue weighted by atomic mass is 16.5. The molecule has 2 saturated heterocycles. The minimum Gasteiger partial charge on any atom is -0.375 e. The molecule has 3 heterocycles. The Kier molecular flexibility index (Phi) is 4.12. The third kappa shape index (κ3) is 3.09. The molecular formula is C18H27N3O3. The van der Waals surface area contributed by atoms with Crippen molar-refractivity contribution in [3.63, 3.8) is 0 Å². The van der Waals surface area contributed by atoms with Gasteiger partial charge in [-0.25, -0.2) is 0 Å². The zero-order valence-corrected chi connectivity index (χ0v) is 14.7. The van der Waals surface area contributed by atoms with E-state index in [0.717, 1.165) is 64.0 Å². The molecule has 6 heteroatoms. The molecule has 1 unspecified atom stereocenters. The lowest BCUT2D eigenvalue weighted by Gasteiger charge is -2.47. The number of carbonyl (C=O) groups excluding carboxylic acids is 1. The van der Waals surface area contributed by atoms with Crippen LogP contribution in [0, 0.1) is 0 Å². The maximum atomic E-state index is 12.7. The van der Waals surface area contributed by atoms with Gasteiger partial charge in [-0.1, -0.05) is 5.16 Å². The van der Waals surface area contributed by atoms with Gasteiger partial charge in [-0.15, -0.1) is 0 Å². The van der Waals surface area contributed by atoms with Crippen molar-refractivity contribution < 1.29 is 14.1 Å². The van der Waals surface area contributed by atoms with Crippen LogP contribution in [0.1, 0.15) is 60.7 Å². The molecule has 3 aliphatic rings. The Hall–Kier alpha value is -1.40. The topological polar surface area (TPSA) is 58.8 Å². The quantitative estimate of drug-likeness (QED) is 0.849. The number of amides is 1. The summed E-state index contributed by atoms with van der Waals surface area (Å²) in [5, 5.41) is 3.99. The fraction of sp³-hybridized carbons (Fsp3) is 0.778. The Morgan fingerprint density at radius 1 is 1.29 bits per heavy atom. The maximum absolute atomic E-state index is 12.7. The molecule has 1 atom stereocenters. The maximum Gasteiger partial charge on any atom is 0.276 e. The Bertz CT molecular complexity index is 600. The van der Waals surface area contributed by atoms with Gasteiger partial charge in [0.15, 0.2) is 5.69 Å². The van der Waals surface area contributed by atoms with Crippen LogP contribution in [0.4, 0.5) is 0 Å². The van der Waals surface area contributed by atoms with E-state index in [0.29, 0.717) is 17.7 Å². The summed E-state index contributed by atoms with van der Waals surface area (Å²) in [6.07, 6.45) is 6.30. The monoisotopic (exact) mass is 333 g/mol. The fourth-order valence-corrected chi connectivity index (χ4v) is 4.02. The molecule has 1 aliphatic carbocycles. The summed E-state index contributed by atoms with van der Waals surface area (Å²) >= 11 is 0. The van der Waals surface area contributed by atoms with Crippen molar-refractivity contribution >= 4 is 5.91 Å². The van der Waals surface area contributed by atoms with Crippen molar-refractivity contribution in [2.75, 3.05) is 33.8 Å². The predicted molar refractivity (Wildman–Crippen MR) is 89.0 cm³/mol. The Balaban J connectivity index is 1.37. The molecule has 24 heavy (non-hydrogen) atoms. The molecule has 1 aromatic rings. The SMILES string of the molecule is CN(C)C1CCOC2(CCN(C(=O)c3cc(C4CC4)on3)CC2)C1. The number of rotatable bonds is 3. The molecule has 1 amide bonds. The highest BCUT2D eigenvalue weighted by Gasteiger charge is 2.42. The largest absolute Gasteiger partial charge is 0.375 e. The molecule has 4 rings (SSSR count). The highest BCUT2D eigenvalue weighted by Crippen LogP contribution is 2.40. The van der Waals surface area contributed by atoms with Crippen LogP contribution in [-0.4, -0.2) is 66.3 Å². The number of ether oxygens (including phenoxy) is 1. The average molecular weight is 333 g/mol. The Morgan fingerprint density at radius 3 is 2.71 bits per heavy atom. The molecule has 0 aromatic carbocycles. The summed E-state index contributed by atoms with van der Waals surface area (Å²) in [7, 11) is 4.29. The van der Waals surface area contributed by atoms with Crippen molar-refractivity contribution in [2.45, 2.75) is 56.1 Å². The summed E-state index contributed by atoms with van der Waals surface area (Å²) in [5.74, 6) is 1.36. The highest BCUT2D eigenvalue weighted by molar-refractivity contribution is 5.92. The second kappa shape index (κ2) is 6.15. The van der Waals surface area contributed by atoms with Crippen molar-refractivity contribution in [2.24, 2.45) is 0 Å². The Labute approximate surface area is 143 Å². The number of likely N-dealkylation sites (tertiary alicyclic amines) is 1. The van der Waals surface area contributed by atoms with E-state index in [1.807, 2.05) is 11.0 Å². The first-order valence-corrected chi connectivity index (χ1v) is 9.13. The number of piperidine rings is 1. The molecule has 1 saturated carbocycles. The van der Waals surface area contributed by atoms with Crippen molar-refractivity contribution in [1.29, 1.82) is 0 Å². The van der Waals surface area contributed by atoms with Gasteiger partial charge in [0.2, 0.25) is 0 Å². The van der Waals surface area contributed by atoms with Gasteiger partial charge in [0.25, 0.3) is 5.91 Å². The predicted octanol–water partition coefficient (Wildman–Crippen LogP) is 2.27. The molecule has 0 radical (unpaired) electrons. The number of carbonyl (C=O) groups is 1. The normalized spacial score (nSPS) is 27.0. The molecule has 2 aliphatic heterocycles. The number of hydrogen-bond donors (Lipinski definition) is 0. The van der Waals surface area contributed by atoms with Crippen LogP contribution >= 0.6 is 0 Å². The van der Waals surface area contributed by atoms with Crippen LogP contribution < -0.4 is 0 Å². The van der Waals surface area contributed by atoms with Crippen molar-refractivity contribution in [3.05, 3.63) is 17.5 Å². The van der Waals surface area contributed by atoms with E-state index in [2.05, 4.69) is 24.2 Å². The molecule has 1 aromatic heterocycles. The van der Waals surface area contributed by atoms with Crippen LogP contribution in [0.2, 0.25) is 0 Å². The first-order chi connectivity index (χ1) is 11.6. The van der Waals surface area contributed by atoms with E-state index in [4.69, 9.17) is 9.26 Å². The summed E-state index contributed by atoms with van der Waals surface area (Å²) in [5.41, 5.74) is 0.413. The Morgan fingerprint density at radius 2 is 2.04 bits per heavy atom. The molecule has 132 valence electrons. The minimum absolute atomic E-state index is 0.000434. The minimum atomic E-state index is -0.0486. The van der Waals surface area contributed by atoms with Gasteiger partial charge in [-0.05, 0) is 52.6 Å². The second-order valence-corrected chi connectivity index (χ2v) is 7.82. The van der Waals surface area contributed by atoms with E-state index in [-0.39, 0.29) is 11.5 Å². The molecule has 0 bridgehead atoms. The lowest BCUT2D eigenvalue weighted by molar-refractivity contribution is -0.125. The zero-order valence-electron chi connectivity index (χ0n) is 14.7. The smallest absolute Gasteiger partial charge is 0.276 e. The second-order valence-electron chi connectivity index (χ2n) is 7.82. The van der Waals surface area contributed by atoms with E-state index in [9.17, 15) is 4.79 Å². The summed E-state index contributed by atoms with van der Waals surface area (Å²) in [6, 6.07) is 2.42. The van der Waals surface area contributed by atoms with E-state index >= 15 is 0 Å². The van der Waals surface area contributed by atoms with Crippen LogP contribution in [0.15, 0.2) is 10.6 Å². The van der Waals surface area contributed by atoms with Gasteiger partial charge in [-0.2, -0.15) is 0 Å². The first-order valence-electron chi connectivity index (χ1n) is 9.13. The molecule has 6 nitrogen and oxygen atoms in total. The van der Waals surface area contributed by atoms with Crippen LogP contribution in [-0.2, 0) is 4.74 Å². The van der Waals surface area contributed by atoms with Crippen LogP contribution in [0.5, 0.6) is 0 Å². The fourth-order valence-electron chi connectivity index (χ4n) is 4.02. The van der Waals surface area contributed by atoms with Gasteiger partial charge >= 0.3 is 0 Å². The van der Waals surface area contributed by atoms with Crippen LogP contribution in [0.25, 0.3) is 0 Å². The van der Waals surface area contributed by atoms with Crippen LogP contribution in [0.3, 0.4) is 0 Å². The molecule has 1 spiro atoms. The molecule has 3 fully saturated rings. The summed E-state index contributed by atoms with van der Waals surface area (Å²) < 4.78 is 11.5. The van der Waals surface area contributed by atoms with Crippen molar-refractivity contribution in [3.8, 4) is 0 Å². The summed E-state index contributed by atoms with van der Waals surface area (Å²) in [4.78, 5) is 16.9. The van der Waals surface area contributed by atoms with E-state index in [1.165, 1.54) is 0 Å². The number of hydrogen-bond acceptors (Lipinski definition) is 5. The van der Waals surface area contributed by atoms with Crippen molar-refractivity contribution in [1.82, 2.24) is 15.0 Å². The molecular weight excluding hydrogens is 306 g/mol. The van der Waals surface area contributed by atoms with E-state index in [1.54, 1.807) is 0 Å². The van der Waals surface area contributed by atoms with Gasteiger partial charge in [0.1, 0.15) is 5.76 Å². The average Bonchev–Trinajstić information content (AvgIpc) is 3.32. The van der Waals surface area contributed by atoms with E-state index < -0.39 is 0 Å². The zero-order chi connectivity index (χ0) is 16.7. The first kappa shape index (κ1) is 16.1. The third-order valence-corrected chi connectivity index (χ3v) is 5.89. The standard InChI is InChI=1S/C18H27N3O3/c1-20(2)14-5-10-23-18(12-14)6-8-21(9-7-18)17(22)15-11-16(24-19-15)13-3-4-13/h11,13-14H,3-10,12H2,1-2H3. The lowest BCUT2D eigenvalue weighted by atomic mass is 9.82. The van der Waals surface area contributed by atoms with Gasteiger partial charge < -0.3 is 19.1 Å². The number of nitrogens with zero attached hydrogens (tertiary/aromatic N) is 3. The lowest BCUT2D eigenvalue weighted by Crippen LogP contribution is -2.53. The molecule has 0 N–H and O–H groups in total.